The lowest BCUT2D eigenvalue weighted by molar-refractivity contribution is -0.432. The summed E-state index contributed by atoms with van der Waals surface area (Å²) in [7, 11) is 0. The lowest BCUT2D eigenvalue weighted by Crippen LogP contribution is -2.00. The Kier molecular flexibility index (Phi) is 6.29. The van der Waals surface area contributed by atoms with Gasteiger partial charge in [0.2, 0.25) is 0 Å². The Hall–Kier alpha value is -0.150. The van der Waals surface area contributed by atoms with Gasteiger partial charge >= 0.3 is 0 Å². The van der Waals surface area contributed by atoms with Gasteiger partial charge in [0.05, 0.1) is 12.0 Å². The van der Waals surface area contributed by atoms with Gasteiger partial charge in [0, 0.05) is 21.3 Å². The first-order valence-electron chi connectivity index (χ1n) is 4.53. The smallest absolute Gasteiger partial charge is 0.163 e. The highest BCUT2D eigenvalue weighted by Crippen LogP contribution is 2.24. The van der Waals surface area contributed by atoms with Crippen molar-refractivity contribution < 1.29 is 19.4 Å². The molecule has 0 heterocycles. The van der Waals surface area contributed by atoms with Crippen LogP contribution in [0.4, 0.5) is 0 Å². The van der Waals surface area contributed by atoms with Gasteiger partial charge in [0.25, 0.3) is 0 Å². The van der Waals surface area contributed by atoms with E-state index in [1.54, 1.807) is 18.2 Å². The number of ketones is 1. The molecule has 0 saturated carbocycles. The molecule has 1 rings (SSSR count). The van der Waals surface area contributed by atoms with Gasteiger partial charge in [0.15, 0.2) is 5.78 Å². The van der Waals surface area contributed by atoms with Gasteiger partial charge in [-0.15, -0.1) is 4.33 Å². The molecule has 1 aromatic carbocycles. The monoisotopic (exact) mass is 354 g/mol. The van der Waals surface area contributed by atoms with Crippen LogP contribution in [0.5, 0.6) is 0 Å². The number of benzene rings is 1. The van der Waals surface area contributed by atoms with E-state index in [0.29, 0.717) is 12.0 Å². The van der Waals surface area contributed by atoms with Crippen molar-refractivity contribution in [2.75, 3.05) is 4.43 Å². The summed E-state index contributed by atoms with van der Waals surface area (Å²) in [4.78, 5) is 12.4. The fourth-order valence-corrected chi connectivity index (χ4v) is 2.11. The molecule has 1 N–H and O–H groups in total. The summed E-state index contributed by atoms with van der Waals surface area (Å²) < 4.78 is 5.15. The second kappa shape index (κ2) is 7.23. The molecule has 0 atom stereocenters. The Morgan fingerprint density at radius 1 is 1.56 bits per heavy atom. The first-order valence-corrected chi connectivity index (χ1v) is 6.80. The molecule has 0 fully saturated rings. The molecule has 6 heteroatoms. The second-order valence-corrected chi connectivity index (χ2v) is 4.89. The molecule has 4 nitrogen and oxygen atoms in total. The van der Waals surface area contributed by atoms with Gasteiger partial charge in [0.1, 0.15) is 0 Å². The maximum atomic E-state index is 11.6. The Bertz CT molecular complexity index is 370. The molecular formula is C10H11IO4S. The molecule has 0 saturated heterocycles. The zero-order valence-electron chi connectivity index (χ0n) is 8.60. The van der Waals surface area contributed by atoms with Crippen LogP contribution >= 0.6 is 34.6 Å². The third-order valence-corrected chi connectivity index (χ3v) is 3.28. The van der Waals surface area contributed by atoms with Crippen molar-refractivity contribution in [2.45, 2.75) is 18.2 Å². The fourth-order valence-electron chi connectivity index (χ4n) is 1.20. The van der Waals surface area contributed by atoms with Crippen molar-refractivity contribution in [3.05, 3.63) is 29.3 Å². The Morgan fingerprint density at radius 3 is 2.88 bits per heavy atom. The molecule has 16 heavy (non-hydrogen) atoms. The van der Waals surface area contributed by atoms with Gasteiger partial charge in [-0.25, -0.2) is 5.26 Å². The van der Waals surface area contributed by atoms with Gasteiger partial charge < -0.3 is 0 Å². The summed E-state index contributed by atoms with van der Waals surface area (Å²) in [5.74, 6) is 0.133. The van der Waals surface area contributed by atoms with Crippen molar-refractivity contribution >= 4 is 40.4 Å². The number of halogens is 1. The van der Waals surface area contributed by atoms with Crippen molar-refractivity contribution in [1.82, 2.24) is 0 Å². The van der Waals surface area contributed by atoms with Gasteiger partial charge in [-0.1, -0.05) is 33.7 Å². The minimum Gasteiger partial charge on any atom is -0.294 e. The first kappa shape index (κ1) is 13.9. The van der Waals surface area contributed by atoms with E-state index in [0.717, 1.165) is 26.9 Å². The molecule has 88 valence electrons. The van der Waals surface area contributed by atoms with Crippen molar-refractivity contribution in [1.29, 1.82) is 0 Å². The Labute approximate surface area is 112 Å². The number of hydrogen-bond donors (Lipinski definition) is 1. The predicted molar refractivity (Wildman–Crippen MR) is 69.7 cm³/mol. The van der Waals surface area contributed by atoms with E-state index in [9.17, 15) is 4.79 Å². The van der Waals surface area contributed by atoms with E-state index in [1.165, 1.54) is 0 Å². The van der Waals surface area contributed by atoms with Crippen LogP contribution in [0, 0.1) is 6.92 Å². The van der Waals surface area contributed by atoms with Gasteiger partial charge in [-0.3, -0.25) is 4.79 Å². The average molecular weight is 354 g/mol. The van der Waals surface area contributed by atoms with E-state index in [-0.39, 0.29) is 5.78 Å². The summed E-state index contributed by atoms with van der Waals surface area (Å²) in [5.41, 5.74) is 1.60. The number of hydrogen-bond acceptors (Lipinski definition) is 5. The first-order chi connectivity index (χ1) is 7.69. The Morgan fingerprint density at radius 2 is 2.31 bits per heavy atom. The molecule has 0 aliphatic carbocycles. The van der Waals surface area contributed by atoms with E-state index in [2.05, 4.69) is 32.0 Å². The highest BCUT2D eigenvalue weighted by Gasteiger charge is 2.08. The molecule has 0 amide bonds. The third-order valence-electron chi connectivity index (χ3n) is 1.97. The molecule has 0 aliphatic heterocycles. The minimum atomic E-state index is 0.133. The van der Waals surface area contributed by atoms with Gasteiger partial charge in [-0.05, 0) is 24.6 Å². The van der Waals surface area contributed by atoms with Crippen LogP contribution in [0.25, 0.3) is 0 Å². The summed E-state index contributed by atoms with van der Waals surface area (Å²) in [6, 6.07) is 5.31. The van der Waals surface area contributed by atoms with Crippen LogP contribution in [0.3, 0.4) is 0 Å². The topological polar surface area (TPSA) is 55.8 Å². The van der Waals surface area contributed by atoms with Crippen LogP contribution in [0.1, 0.15) is 22.3 Å². The van der Waals surface area contributed by atoms with Crippen LogP contribution in [0.15, 0.2) is 23.1 Å². The second-order valence-electron chi connectivity index (χ2n) is 3.07. The maximum absolute atomic E-state index is 11.6. The lowest BCUT2D eigenvalue weighted by atomic mass is 10.1. The quantitative estimate of drug-likeness (QED) is 0.212. The third kappa shape index (κ3) is 4.02. The molecular weight excluding hydrogens is 343 g/mol. The van der Waals surface area contributed by atoms with Crippen LogP contribution in [-0.4, -0.2) is 15.5 Å². The van der Waals surface area contributed by atoms with E-state index in [4.69, 9.17) is 5.26 Å². The predicted octanol–water partition coefficient (Wildman–Crippen LogP) is 3.43. The molecule has 0 radical (unpaired) electrons. The number of alkyl halides is 1. The number of aryl methyl sites for hydroxylation is 1. The number of Topliss-reactive ketones (excluding diaryl/α,β-unsaturated/α-hetero) is 1. The van der Waals surface area contributed by atoms with E-state index >= 15 is 0 Å². The zero-order chi connectivity index (χ0) is 12.0. The van der Waals surface area contributed by atoms with Crippen molar-refractivity contribution in [2.24, 2.45) is 0 Å². The molecule has 0 spiro atoms. The molecule has 0 unspecified atom stereocenters. The normalized spacial score (nSPS) is 10.4. The highest BCUT2D eigenvalue weighted by molar-refractivity contribution is 14.1. The van der Waals surface area contributed by atoms with Crippen molar-refractivity contribution in [3.63, 3.8) is 0 Å². The van der Waals surface area contributed by atoms with Crippen LogP contribution in [-0.2, 0) is 9.37 Å². The molecule has 1 aromatic rings. The number of rotatable bonds is 6. The zero-order valence-corrected chi connectivity index (χ0v) is 11.6. The summed E-state index contributed by atoms with van der Waals surface area (Å²) in [6.45, 7) is 1.86. The van der Waals surface area contributed by atoms with Crippen LogP contribution in [0.2, 0.25) is 0 Å². The number of carbonyl (C=O) groups excluding carboxylic acids is 1. The summed E-state index contributed by atoms with van der Waals surface area (Å²) in [6.07, 6.45) is 0.544. The SMILES string of the molecule is Cc1cc(C(=O)CCI)ccc1SOOO. The summed E-state index contributed by atoms with van der Waals surface area (Å²) in [5, 5.41) is 11.5. The number of carbonyl (C=O) groups is 1. The van der Waals surface area contributed by atoms with Crippen molar-refractivity contribution in [3.8, 4) is 0 Å². The lowest BCUT2D eigenvalue weighted by Gasteiger charge is -2.05. The van der Waals surface area contributed by atoms with E-state index < -0.39 is 0 Å². The average Bonchev–Trinajstić information content (AvgIpc) is 2.27. The minimum absolute atomic E-state index is 0.133. The molecule has 0 aliphatic rings. The van der Waals surface area contributed by atoms with E-state index in [1.807, 2.05) is 6.92 Å². The van der Waals surface area contributed by atoms with Gasteiger partial charge in [-0.2, -0.15) is 0 Å². The van der Waals surface area contributed by atoms with Crippen LogP contribution < -0.4 is 0 Å². The summed E-state index contributed by atoms with van der Waals surface area (Å²) >= 11 is 3.07. The fraction of sp³-hybridized carbons (Fsp3) is 0.300. The maximum Gasteiger partial charge on any atom is 0.163 e. The molecule has 0 bridgehead atoms. The molecule has 0 aromatic heterocycles. The largest absolute Gasteiger partial charge is 0.294 e. The Balaban J connectivity index is 2.78. The highest BCUT2D eigenvalue weighted by atomic mass is 127. The standard InChI is InChI=1S/C10H11IO4S/c1-7-6-8(9(12)4-5-11)2-3-10(7)16-15-14-13/h2-3,6,13H,4-5H2,1H3.